The van der Waals surface area contributed by atoms with Crippen molar-refractivity contribution in [2.75, 3.05) is 6.54 Å². The molecule has 1 atom stereocenters. The molecule has 1 aliphatic rings. The molecule has 1 aromatic heterocycles. The van der Waals surface area contributed by atoms with Gasteiger partial charge in [-0.1, -0.05) is 6.07 Å². The summed E-state index contributed by atoms with van der Waals surface area (Å²) in [7, 11) is 0. The minimum Gasteiger partial charge on any atom is -0.393 e. The third-order valence-corrected chi connectivity index (χ3v) is 4.61. The minimum atomic E-state index is -0.787. The largest absolute Gasteiger partial charge is 0.393 e. The number of rotatable bonds is 4. The molecule has 3 N–H and O–H groups in total. The summed E-state index contributed by atoms with van der Waals surface area (Å²) in [4.78, 5) is 1.00. The molecule has 0 spiro atoms. The van der Waals surface area contributed by atoms with Gasteiger partial charge < -0.3 is 15.5 Å². The summed E-state index contributed by atoms with van der Waals surface area (Å²) in [6, 6.07) is 4.37. The summed E-state index contributed by atoms with van der Waals surface area (Å²) in [5.74, 6) is 0. The Morgan fingerprint density at radius 2 is 2.12 bits per heavy atom. The fraction of sp³-hybridized carbons (Fsp3) is 0.692. The first-order valence-corrected chi connectivity index (χ1v) is 7.14. The quantitative estimate of drug-likeness (QED) is 0.769. The Bertz CT molecular complexity index is 329. The van der Waals surface area contributed by atoms with Crippen LogP contribution in [0, 0.1) is 0 Å². The van der Waals surface area contributed by atoms with E-state index in [1.807, 2.05) is 24.4 Å². The van der Waals surface area contributed by atoms with E-state index in [0.29, 0.717) is 12.6 Å². The lowest BCUT2D eigenvalue weighted by molar-refractivity contribution is 0.0513. The second-order valence-corrected chi connectivity index (χ2v) is 6.09. The molecule has 0 radical (unpaired) electrons. The molecule has 0 amide bonds. The fourth-order valence-corrected chi connectivity index (χ4v) is 3.08. The third-order valence-electron chi connectivity index (χ3n) is 3.48. The van der Waals surface area contributed by atoms with Crippen molar-refractivity contribution in [1.82, 2.24) is 5.32 Å². The Morgan fingerprint density at radius 3 is 2.71 bits per heavy atom. The predicted molar refractivity (Wildman–Crippen MR) is 70.2 cm³/mol. The summed E-state index contributed by atoms with van der Waals surface area (Å²) >= 11 is 1.59. The van der Waals surface area contributed by atoms with Crippen LogP contribution in [0.3, 0.4) is 0 Å². The molecule has 3 nitrogen and oxygen atoms in total. The van der Waals surface area contributed by atoms with Crippen LogP contribution in [0.2, 0.25) is 0 Å². The van der Waals surface area contributed by atoms with Gasteiger partial charge in [-0.15, -0.1) is 11.3 Å². The molecule has 1 fully saturated rings. The molecule has 96 valence electrons. The normalized spacial score (nSPS) is 28.9. The monoisotopic (exact) mass is 255 g/mol. The highest BCUT2D eigenvalue weighted by Gasteiger charge is 2.26. The van der Waals surface area contributed by atoms with E-state index in [1.165, 1.54) is 0 Å². The Kier molecular flexibility index (Phi) is 4.20. The first-order chi connectivity index (χ1) is 8.08. The molecule has 0 bridgehead atoms. The fourth-order valence-electron chi connectivity index (χ4n) is 2.30. The predicted octanol–water partition coefficient (Wildman–Crippen LogP) is 1.85. The molecule has 2 rings (SSSR count). The molecule has 1 aliphatic carbocycles. The van der Waals surface area contributed by atoms with Crippen LogP contribution in [0.25, 0.3) is 0 Å². The second-order valence-electron chi connectivity index (χ2n) is 5.14. The van der Waals surface area contributed by atoms with Crippen LogP contribution in [-0.2, 0) is 5.60 Å². The van der Waals surface area contributed by atoms with Crippen LogP contribution < -0.4 is 5.32 Å². The standard InChI is InChI=1S/C13H21NO2S/c1-13(16,12-3-2-8-17-12)9-14-10-4-6-11(15)7-5-10/h2-3,8,10-11,14-16H,4-7,9H2,1H3/t10?,11?,13-/m1/s1. The molecule has 0 unspecified atom stereocenters. The van der Waals surface area contributed by atoms with E-state index in [-0.39, 0.29) is 6.10 Å². The van der Waals surface area contributed by atoms with Gasteiger partial charge >= 0.3 is 0 Å². The van der Waals surface area contributed by atoms with E-state index >= 15 is 0 Å². The van der Waals surface area contributed by atoms with Gasteiger partial charge in [0.25, 0.3) is 0 Å². The molecule has 1 saturated carbocycles. The first-order valence-electron chi connectivity index (χ1n) is 6.26. The van der Waals surface area contributed by atoms with Crippen molar-refractivity contribution in [2.45, 2.75) is 50.4 Å². The number of nitrogens with one attached hydrogen (secondary N) is 1. The summed E-state index contributed by atoms with van der Waals surface area (Å²) in [5.41, 5.74) is -0.787. The highest BCUT2D eigenvalue weighted by molar-refractivity contribution is 7.10. The van der Waals surface area contributed by atoms with Crippen LogP contribution in [0.15, 0.2) is 17.5 Å². The van der Waals surface area contributed by atoms with Crippen molar-refractivity contribution in [1.29, 1.82) is 0 Å². The van der Waals surface area contributed by atoms with Crippen molar-refractivity contribution in [2.24, 2.45) is 0 Å². The second kappa shape index (κ2) is 5.48. The van der Waals surface area contributed by atoms with E-state index < -0.39 is 5.60 Å². The van der Waals surface area contributed by atoms with Gasteiger partial charge in [0, 0.05) is 17.5 Å². The van der Waals surface area contributed by atoms with Crippen molar-refractivity contribution >= 4 is 11.3 Å². The highest BCUT2D eigenvalue weighted by atomic mass is 32.1. The summed E-state index contributed by atoms with van der Waals surface area (Å²) in [6.45, 7) is 2.43. The van der Waals surface area contributed by atoms with Gasteiger partial charge in [0.05, 0.1) is 6.10 Å². The van der Waals surface area contributed by atoms with Gasteiger partial charge in [0.1, 0.15) is 5.60 Å². The average molecular weight is 255 g/mol. The molecule has 1 aromatic rings. The summed E-state index contributed by atoms with van der Waals surface area (Å²) in [6.07, 6.45) is 3.63. The number of hydrogen-bond acceptors (Lipinski definition) is 4. The van der Waals surface area contributed by atoms with Crippen molar-refractivity contribution in [3.05, 3.63) is 22.4 Å². The van der Waals surface area contributed by atoms with Crippen molar-refractivity contribution < 1.29 is 10.2 Å². The van der Waals surface area contributed by atoms with Crippen molar-refractivity contribution in [3.8, 4) is 0 Å². The van der Waals surface area contributed by atoms with Crippen LogP contribution in [-0.4, -0.2) is 28.9 Å². The smallest absolute Gasteiger partial charge is 0.108 e. The van der Waals surface area contributed by atoms with E-state index in [1.54, 1.807) is 11.3 Å². The van der Waals surface area contributed by atoms with E-state index in [2.05, 4.69) is 5.32 Å². The zero-order valence-electron chi connectivity index (χ0n) is 10.2. The maximum absolute atomic E-state index is 10.4. The molecular weight excluding hydrogens is 234 g/mol. The third kappa shape index (κ3) is 3.52. The molecule has 1 heterocycles. The SMILES string of the molecule is C[C@@](O)(CNC1CCC(O)CC1)c1cccs1. The Morgan fingerprint density at radius 1 is 1.41 bits per heavy atom. The summed E-state index contributed by atoms with van der Waals surface area (Å²) < 4.78 is 0. The van der Waals surface area contributed by atoms with Crippen LogP contribution in [0.5, 0.6) is 0 Å². The Labute approximate surface area is 106 Å². The van der Waals surface area contributed by atoms with Gasteiger partial charge in [-0.05, 0) is 44.1 Å². The minimum absolute atomic E-state index is 0.120. The molecule has 17 heavy (non-hydrogen) atoms. The van der Waals surface area contributed by atoms with Gasteiger partial charge in [-0.3, -0.25) is 0 Å². The van der Waals surface area contributed by atoms with E-state index in [0.717, 1.165) is 30.6 Å². The number of aliphatic hydroxyl groups is 2. The van der Waals surface area contributed by atoms with Crippen LogP contribution in [0.4, 0.5) is 0 Å². The molecule has 0 aromatic carbocycles. The molecular formula is C13H21NO2S. The summed E-state index contributed by atoms with van der Waals surface area (Å²) in [5, 5.41) is 25.2. The Balaban J connectivity index is 1.81. The number of thiophene rings is 1. The van der Waals surface area contributed by atoms with Crippen LogP contribution in [0.1, 0.15) is 37.5 Å². The number of hydrogen-bond donors (Lipinski definition) is 3. The van der Waals surface area contributed by atoms with Gasteiger partial charge in [-0.2, -0.15) is 0 Å². The van der Waals surface area contributed by atoms with Gasteiger partial charge in [0.15, 0.2) is 0 Å². The molecule has 0 saturated heterocycles. The van der Waals surface area contributed by atoms with E-state index in [4.69, 9.17) is 0 Å². The van der Waals surface area contributed by atoms with Gasteiger partial charge in [-0.25, -0.2) is 0 Å². The number of aliphatic hydroxyl groups excluding tert-OH is 1. The topological polar surface area (TPSA) is 52.5 Å². The zero-order chi connectivity index (χ0) is 12.3. The first kappa shape index (κ1) is 13.0. The molecule has 4 heteroatoms. The van der Waals surface area contributed by atoms with Gasteiger partial charge in [0.2, 0.25) is 0 Å². The maximum Gasteiger partial charge on any atom is 0.108 e. The zero-order valence-corrected chi connectivity index (χ0v) is 11.0. The van der Waals surface area contributed by atoms with Crippen molar-refractivity contribution in [3.63, 3.8) is 0 Å². The Hall–Kier alpha value is -0.420. The van der Waals surface area contributed by atoms with E-state index in [9.17, 15) is 10.2 Å². The molecule has 0 aliphatic heterocycles. The lowest BCUT2D eigenvalue weighted by Gasteiger charge is -2.30. The van der Waals surface area contributed by atoms with Crippen LogP contribution >= 0.6 is 11.3 Å². The lowest BCUT2D eigenvalue weighted by Crippen LogP contribution is -2.42. The maximum atomic E-state index is 10.4. The highest BCUT2D eigenvalue weighted by Crippen LogP contribution is 2.25. The average Bonchev–Trinajstić information content (AvgIpc) is 2.82. The lowest BCUT2D eigenvalue weighted by atomic mass is 9.92.